The van der Waals surface area contributed by atoms with Crippen LogP contribution in [0, 0.1) is 12.3 Å². The van der Waals surface area contributed by atoms with Crippen LogP contribution in [0.5, 0.6) is 0 Å². The molecule has 0 saturated heterocycles. The van der Waals surface area contributed by atoms with E-state index in [0.717, 1.165) is 0 Å². The molecule has 2 atom stereocenters. The first-order chi connectivity index (χ1) is 15.8. The van der Waals surface area contributed by atoms with Crippen LogP contribution >= 0.6 is 0 Å². The summed E-state index contributed by atoms with van der Waals surface area (Å²) < 4.78 is 5.26. The summed E-state index contributed by atoms with van der Waals surface area (Å²) in [7, 11) is 0. The molecule has 0 heterocycles. The van der Waals surface area contributed by atoms with Crippen molar-refractivity contribution in [2.24, 2.45) is 5.73 Å². The van der Waals surface area contributed by atoms with Crippen molar-refractivity contribution in [3.05, 3.63) is 35.4 Å². The second-order valence-corrected chi connectivity index (χ2v) is 9.68. The molecule has 2 rings (SSSR count). The molecule has 0 bridgehead atoms. The number of rotatable bonds is 9. The molecule has 4 N–H and O–H groups in total. The second-order valence-electron chi connectivity index (χ2n) is 9.68. The number of hydrogen-bond donors (Lipinski definition) is 3. The van der Waals surface area contributed by atoms with E-state index < -0.39 is 42.0 Å². The van der Waals surface area contributed by atoms with Gasteiger partial charge in [-0.2, -0.15) is 0 Å². The number of nitrogens with zero attached hydrogens (tertiary/aromatic N) is 1. The third-order valence-corrected chi connectivity index (χ3v) is 4.94. The van der Waals surface area contributed by atoms with Gasteiger partial charge in [0.25, 0.3) is 0 Å². The molecule has 1 aromatic carbocycles. The smallest absolute Gasteiger partial charge is 0.408 e. The molecule has 34 heavy (non-hydrogen) atoms. The molecule has 2 unspecified atom stereocenters. The average Bonchev–Trinajstić information content (AvgIpc) is 3.53. The average molecular weight is 471 g/mol. The number of alkyl carbamates (subject to hydrolysis) is 1. The number of carbonyl (C=O) groups is 4. The molecule has 0 aliphatic heterocycles. The Labute approximate surface area is 200 Å². The van der Waals surface area contributed by atoms with Crippen LogP contribution < -0.4 is 16.4 Å². The monoisotopic (exact) mass is 470 g/mol. The molecular weight excluding hydrogens is 436 g/mol. The van der Waals surface area contributed by atoms with E-state index in [2.05, 4.69) is 16.6 Å². The van der Waals surface area contributed by atoms with Gasteiger partial charge < -0.3 is 26.0 Å². The highest BCUT2D eigenvalue weighted by Crippen LogP contribution is 2.36. The van der Waals surface area contributed by atoms with Gasteiger partial charge in [-0.05, 0) is 65.2 Å². The van der Waals surface area contributed by atoms with Crippen LogP contribution in [0.2, 0.25) is 0 Å². The van der Waals surface area contributed by atoms with E-state index in [1.807, 2.05) is 13.8 Å². The number of primary amides is 1. The van der Waals surface area contributed by atoms with E-state index in [1.165, 1.54) is 4.90 Å². The van der Waals surface area contributed by atoms with Crippen LogP contribution in [-0.2, 0) is 19.1 Å². The molecule has 1 aliphatic carbocycles. The molecule has 4 amide bonds. The molecule has 184 valence electrons. The normalized spacial score (nSPS) is 15.0. The Morgan fingerprint density at radius 1 is 1.15 bits per heavy atom. The molecule has 9 heteroatoms. The Hall–Kier alpha value is -3.54. The van der Waals surface area contributed by atoms with Gasteiger partial charge in [0.2, 0.25) is 17.7 Å². The first-order valence-electron chi connectivity index (χ1n) is 11.3. The maximum absolute atomic E-state index is 13.7. The van der Waals surface area contributed by atoms with Gasteiger partial charge in [-0.25, -0.2) is 4.79 Å². The summed E-state index contributed by atoms with van der Waals surface area (Å²) >= 11 is 0. The SMILES string of the molecule is C#Cc1ccc(C(C(=O)NC(C)C)N(C(=O)C(CC(N)=O)NC(=O)OC(C)(C)C)C2CC2)cc1. The second kappa shape index (κ2) is 11.1. The summed E-state index contributed by atoms with van der Waals surface area (Å²) in [5.41, 5.74) is 5.76. The van der Waals surface area contributed by atoms with Crippen molar-refractivity contribution in [3.8, 4) is 12.3 Å². The number of terminal acetylenes is 1. The van der Waals surface area contributed by atoms with E-state index in [1.54, 1.807) is 45.0 Å². The van der Waals surface area contributed by atoms with Gasteiger partial charge in [0.05, 0.1) is 6.42 Å². The molecule has 1 aliphatic rings. The van der Waals surface area contributed by atoms with Crippen LogP contribution in [0.4, 0.5) is 4.79 Å². The molecule has 0 aromatic heterocycles. The van der Waals surface area contributed by atoms with Gasteiger partial charge in [0, 0.05) is 17.6 Å². The van der Waals surface area contributed by atoms with Crippen molar-refractivity contribution < 1.29 is 23.9 Å². The van der Waals surface area contributed by atoms with E-state index in [4.69, 9.17) is 16.9 Å². The lowest BCUT2D eigenvalue weighted by molar-refractivity contribution is -0.144. The number of carbonyl (C=O) groups excluding carboxylic acids is 4. The van der Waals surface area contributed by atoms with Gasteiger partial charge in [-0.15, -0.1) is 6.42 Å². The Kier molecular flexibility index (Phi) is 8.68. The summed E-state index contributed by atoms with van der Waals surface area (Å²) in [5, 5.41) is 5.32. The molecule has 0 spiro atoms. The zero-order valence-corrected chi connectivity index (χ0v) is 20.4. The fourth-order valence-corrected chi connectivity index (χ4v) is 3.47. The van der Waals surface area contributed by atoms with E-state index in [0.29, 0.717) is 24.0 Å². The number of nitrogens with two attached hydrogens (primary N) is 1. The standard InChI is InChI=1S/C25H34N4O5/c1-7-16-8-10-17(11-9-16)21(22(31)27-15(2)3)29(18-12-13-18)23(32)19(14-20(26)30)28-24(33)34-25(4,5)6/h1,8-11,15,18-19,21H,12-14H2,2-6H3,(H2,26,30)(H,27,31)(H,28,33). The zero-order valence-electron chi connectivity index (χ0n) is 20.4. The van der Waals surface area contributed by atoms with E-state index in [9.17, 15) is 19.2 Å². The fraction of sp³-hybridized carbons (Fsp3) is 0.520. The van der Waals surface area contributed by atoms with Crippen LogP contribution in [-0.4, -0.2) is 52.4 Å². The van der Waals surface area contributed by atoms with Crippen molar-refractivity contribution in [2.75, 3.05) is 0 Å². The minimum Gasteiger partial charge on any atom is -0.444 e. The first kappa shape index (κ1) is 26.7. The van der Waals surface area contributed by atoms with Crippen molar-refractivity contribution in [3.63, 3.8) is 0 Å². The van der Waals surface area contributed by atoms with Crippen LogP contribution in [0.1, 0.15) is 71.0 Å². The Bertz CT molecular complexity index is 955. The maximum atomic E-state index is 13.7. The highest BCUT2D eigenvalue weighted by molar-refractivity contribution is 5.95. The summed E-state index contributed by atoms with van der Waals surface area (Å²) in [6, 6.07) is 4.13. The molecule has 1 aromatic rings. The molecule has 0 radical (unpaired) electrons. The van der Waals surface area contributed by atoms with Gasteiger partial charge in [0.15, 0.2) is 0 Å². The van der Waals surface area contributed by atoms with Crippen molar-refractivity contribution in [1.82, 2.24) is 15.5 Å². The molecular formula is C25H34N4O5. The van der Waals surface area contributed by atoms with E-state index >= 15 is 0 Å². The fourth-order valence-electron chi connectivity index (χ4n) is 3.47. The number of nitrogens with one attached hydrogen (secondary N) is 2. The number of hydrogen-bond acceptors (Lipinski definition) is 5. The minimum absolute atomic E-state index is 0.169. The van der Waals surface area contributed by atoms with Crippen LogP contribution in [0.15, 0.2) is 24.3 Å². The lowest BCUT2D eigenvalue weighted by Crippen LogP contribution is -2.55. The summed E-state index contributed by atoms with van der Waals surface area (Å²) in [6.45, 7) is 8.68. The van der Waals surface area contributed by atoms with Gasteiger partial charge in [0.1, 0.15) is 17.7 Å². The Balaban J connectivity index is 2.45. The van der Waals surface area contributed by atoms with Crippen LogP contribution in [0.3, 0.4) is 0 Å². The van der Waals surface area contributed by atoms with Crippen molar-refractivity contribution >= 4 is 23.8 Å². The summed E-state index contributed by atoms with van der Waals surface area (Å²) in [6.07, 6.45) is 5.54. The molecule has 1 saturated carbocycles. The zero-order chi connectivity index (χ0) is 25.6. The molecule has 1 fully saturated rings. The van der Waals surface area contributed by atoms with Crippen molar-refractivity contribution in [1.29, 1.82) is 0 Å². The topological polar surface area (TPSA) is 131 Å². The minimum atomic E-state index is -1.28. The highest BCUT2D eigenvalue weighted by atomic mass is 16.6. The lowest BCUT2D eigenvalue weighted by atomic mass is 10.00. The third-order valence-electron chi connectivity index (χ3n) is 4.94. The van der Waals surface area contributed by atoms with Crippen LogP contribution in [0.25, 0.3) is 0 Å². The Morgan fingerprint density at radius 3 is 2.18 bits per heavy atom. The number of benzene rings is 1. The van der Waals surface area contributed by atoms with Gasteiger partial charge >= 0.3 is 6.09 Å². The van der Waals surface area contributed by atoms with E-state index in [-0.39, 0.29) is 18.0 Å². The highest BCUT2D eigenvalue weighted by Gasteiger charge is 2.44. The summed E-state index contributed by atoms with van der Waals surface area (Å²) in [4.78, 5) is 52.6. The number of ether oxygens (including phenoxy) is 1. The van der Waals surface area contributed by atoms with Gasteiger partial charge in [-0.1, -0.05) is 18.1 Å². The number of amides is 4. The predicted octanol–water partition coefficient (Wildman–Crippen LogP) is 1.99. The quantitative estimate of drug-likeness (QED) is 0.475. The predicted molar refractivity (Wildman–Crippen MR) is 127 cm³/mol. The Morgan fingerprint density at radius 2 is 1.74 bits per heavy atom. The lowest BCUT2D eigenvalue weighted by Gasteiger charge is -2.35. The summed E-state index contributed by atoms with van der Waals surface area (Å²) in [5.74, 6) is 0.794. The largest absolute Gasteiger partial charge is 0.444 e. The van der Waals surface area contributed by atoms with Gasteiger partial charge in [-0.3, -0.25) is 14.4 Å². The first-order valence-corrected chi connectivity index (χ1v) is 11.3. The van der Waals surface area contributed by atoms with Crippen molar-refractivity contribution in [2.45, 2.75) is 83.6 Å². The third kappa shape index (κ3) is 7.80. The molecule has 9 nitrogen and oxygen atoms in total. The maximum Gasteiger partial charge on any atom is 0.408 e.